The average Bonchev–Trinajstić information content (AvgIpc) is 2.79. The fourth-order valence-electron chi connectivity index (χ4n) is 3.65. The summed E-state index contributed by atoms with van der Waals surface area (Å²) in [4.78, 5) is 23.5. The number of rotatable bonds is 6. The van der Waals surface area contributed by atoms with Crippen molar-refractivity contribution in [1.82, 2.24) is 9.97 Å². The van der Waals surface area contributed by atoms with Crippen LogP contribution >= 0.6 is 0 Å². The van der Waals surface area contributed by atoms with Gasteiger partial charge in [0.05, 0.1) is 19.5 Å². The summed E-state index contributed by atoms with van der Waals surface area (Å²) in [6.45, 7) is 1.40. The van der Waals surface area contributed by atoms with Crippen LogP contribution in [-0.2, 0) is 12.8 Å². The van der Waals surface area contributed by atoms with Crippen LogP contribution in [0, 0.1) is 0 Å². The molecule has 1 N–H and O–H groups in total. The summed E-state index contributed by atoms with van der Waals surface area (Å²) in [6.07, 6.45) is 5.92. The number of hydrogen-bond donors (Lipinski definition) is 1. The zero-order valence-electron chi connectivity index (χ0n) is 16.5. The molecule has 3 aromatic rings. The molecule has 0 saturated carbocycles. The van der Waals surface area contributed by atoms with Crippen molar-refractivity contribution in [1.29, 1.82) is 0 Å². The topological polar surface area (TPSA) is 67.3 Å². The van der Waals surface area contributed by atoms with E-state index < -0.39 is 0 Å². The molecule has 0 saturated heterocycles. The zero-order chi connectivity index (χ0) is 20.1. The molecular weight excluding hydrogens is 364 g/mol. The van der Waals surface area contributed by atoms with Gasteiger partial charge in [0, 0.05) is 18.8 Å². The first-order chi connectivity index (χ1) is 14.3. The van der Waals surface area contributed by atoms with Gasteiger partial charge in [0.1, 0.15) is 17.3 Å². The first-order valence-electron chi connectivity index (χ1n) is 9.84. The van der Waals surface area contributed by atoms with Gasteiger partial charge in [-0.1, -0.05) is 36.4 Å². The predicted octanol–water partition coefficient (Wildman–Crippen LogP) is 3.73. The highest BCUT2D eigenvalue weighted by atomic mass is 16.5. The maximum Gasteiger partial charge on any atom is 0.278 e. The van der Waals surface area contributed by atoms with E-state index >= 15 is 0 Å². The summed E-state index contributed by atoms with van der Waals surface area (Å²) in [5.41, 5.74) is 3.67. The molecule has 4 rings (SSSR count). The molecule has 1 aliphatic rings. The molecule has 2 aromatic carbocycles. The Morgan fingerprint density at radius 1 is 1.10 bits per heavy atom. The van der Waals surface area contributed by atoms with E-state index in [1.165, 1.54) is 5.56 Å². The van der Waals surface area contributed by atoms with Crippen LogP contribution in [-0.4, -0.2) is 36.1 Å². The van der Waals surface area contributed by atoms with Crippen molar-refractivity contribution < 1.29 is 9.53 Å². The van der Waals surface area contributed by atoms with E-state index in [1.54, 1.807) is 24.4 Å². The molecule has 0 bridgehead atoms. The van der Waals surface area contributed by atoms with Gasteiger partial charge in [0.15, 0.2) is 0 Å². The van der Waals surface area contributed by atoms with Crippen molar-refractivity contribution >= 4 is 17.4 Å². The summed E-state index contributed by atoms with van der Waals surface area (Å²) in [5, 5.41) is 3.25. The number of nitrogens with one attached hydrogen (secondary N) is 1. The molecule has 0 unspecified atom stereocenters. The van der Waals surface area contributed by atoms with E-state index in [9.17, 15) is 4.79 Å². The summed E-state index contributed by atoms with van der Waals surface area (Å²) in [6, 6.07) is 16.0. The number of benzene rings is 2. The largest absolute Gasteiger partial charge is 0.496 e. The van der Waals surface area contributed by atoms with E-state index in [1.807, 2.05) is 42.5 Å². The number of hydrogen-bond acceptors (Lipinski definition) is 5. The van der Waals surface area contributed by atoms with Crippen LogP contribution < -0.4 is 15.0 Å². The summed E-state index contributed by atoms with van der Waals surface area (Å²) in [5.74, 6) is 1.42. The second-order valence-electron chi connectivity index (χ2n) is 6.96. The fourth-order valence-corrected chi connectivity index (χ4v) is 3.65. The quantitative estimate of drug-likeness (QED) is 0.697. The Bertz CT molecular complexity index is 988. The van der Waals surface area contributed by atoms with Crippen molar-refractivity contribution in [3.8, 4) is 5.75 Å². The first kappa shape index (κ1) is 18.9. The molecular formula is C23H24N4O2. The molecule has 1 amide bonds. The number of fused-ring (bicyclic) bond motifs is 1. The van der Waals surface area contributed by atoms with Crippen LogP contribution in [0.15, 0.2) is 60.9 Å². The Morgan fingerprint density at radius 2 is 1.93 bits per heavy atom. The third-order valence-electron chi connectivity index (χ3n) is 5.12. The van der Waals surface area contributed by atoms with E-state index in [-0.39, 0.29) is 5.91 Å². The number of nitrogens with zero attached hydrogens (tertiary/aromatic N) is 3. The van der Waals surface area contributed by atoms with Gasteiger partial charge in [-0.15, -0.1) is 0 Å². The van der Waals surface area contributed by atoms with Crippen molar-refractivity contribution in [3.05, 3.63) is 77.7 Å². The van der Waals surface area contributed by atoms with Gasteiger partial charge in [0.25, 0.3) is 5.91 Å². The maximum atomic E-state index is 12.9. The molecule has 0 fully saturated rings. The Kier molecular flexibility index (Phi) is 5.70. The molecule has 0 spiro atoms. The maximum absolute atomic E-state index is 12.9. The Balaban J connectivity index is 1.39. The monoisotopic (exact) mass is 388 g/mol. The number of carbonyl (C=O) groups excluding carboxylic acids is 1. The number of methoxy groups -OCH3 is 1. The normalized spacial score (nSPS) is 12.9. The smallest absolute Gasteiger partial charge is 0.278 e. The van der Waals surface area contributed by atoms with Gasteiger partial charge in [-0.05, 0) is 42.5 Å². The average molecular weight is 388 g/mol. The van der Waals surface area contributed by atoms with Crippen molar-refractivity contribution in [3.63, 3.8) is 0 Å². The van der Waals surface area contributed by atoms with Gasteiger partial charge >= 0.3 is 0 Å². The lowest BCUT2D eigenvalue weighted by Gasteiger charge is -2.29. The van der Waals surface area contributed by atoms with E-state index in [2.05, 4.69) is 21.4 Å². The van der Waals surface area contributed by atoms with Gasteiger partial charge in [-0.2, -0.15) is 0 Å². The highest BCUT2D eigenvalue weighted by Crippen LogP contribution is 2.27. The molecule has 148 valence electrons. The summed E-state index contributed by atoms with van der Waals surface area (Å²) >= 11 is 0. The zero-order valence-corrected chi connectivity index (χ0v) is 16.5. The molecule has 1 aliphatic heterocycles. The molecule has 1 aromatic heterocycles. The highest BCUT2D eigenvalue weighted by Gasteiger charge is 2.24. The van der Waals surface area contributed by atoms with Crippen LogP contribution in [0.4, 0.5) is 11.5 Å². The van der Waals surface area contributed by atoms with Gasteiger partial charge in [-0.25, -0.2) is 9.97 Å². The van der Waals surface area contributed by atoms with Crippen molar-refractivity contribution in [2.24, 2.45) is 0 Å². The first-order valence-corrected chi connectivity index (χ1v) is 9.84. The van der Waals surface area contributed by atoms with Crippen LogP contribution in [0.25, 0.3) is 0 Å². The fraction of sp³-hybridized carbons (Fsp3) is 0.261. The van der Waals surface area contributed by atoms with E-state index in [4.69, 9.17) is 4.74 Å². The minimum Gasteiger partial charge on any atom is -0.496 e. The summed E-state index contributed by atoms with van der Waals surface area (Å²) < 4.78 is 5.37. The van der Waals surface area contributed by atoms with Gasteiger partial charge in [-0.3, -0.25) is 4.79 Å². The van der Waals surface area contributed by atoms with Crippen LogP contribution in [0.5, 0.6) is 5.75 Å². The molecule has 0 radical (unpaired) electrons. The Hall–Kier alpha value is -3.41. The van der Waals surface area contributed by atoms with Crippen LogP contribution in [0.1, 0.15) is 28.0 Å². The number of amides is 1. The minimum atomic E-state index is -0.106. The van der Waals surface area contributed by atoms with E-state index in [0.29, 0.717) is 24.6 Å². The number of ether oxygens (including phenoxy) is 1. The standard InChI is InChI=1S/C23H24N4O2/c1-29-21-11-5-3-8-18(21)12-13-24-22-16-25-19(15-26-22)23(28)27-14-6-9-17-7-2-4-10-20(17)27/h2-5,7-8,10-11,15-16H,6,9,12-14H2,1H3,(H,24,26). The van der Waals surface area contributed by atoms with Gasteiger partial charge in [0.2, 0.25) is 0 Å². The van der Waals surface area contributed by atoms with E-state index in [0.717, 1.165) is 36.3 Å². The molecule has 6 nitrogen and oxygen atoms in total. The molecule has 2 heterocycles. The molecule has 0 aliphatic carbocycles. The number of aromatic nitrogens is 2. The number of anilines is 2. The molecule has 0 atom stereocenters. The number of para-hydroxylation sites is 2. The lowest BCUT2D eigenvalue weighted by Crippen LogP contribution is -2.36. The predicted molar refractivity (Wildman–Crippen MR) is 114 cm³/mol. The van der Waals surface area contributed by atoms with Crippen LogP contribution in [0.3, 0.4) is 0 Å². The number of carbonyl (C=O) groups is 1. The third-order valence-corrected chi connectivity index (χ3v) is 5.12. The lowest BCUT2D eigenvalue weighted by molar-refractivity contribution is 0.0980. The second kappa shape index (κ2) is 8.73. The van der Waals surface area contributed by atoms with Crippen molar-refractivity contribution in [2.75, 3.05) is 30.4 Å². The lowest BCUT2D eigenvalue weighted by atomic mass is 10.0. The van der Waals surface area contributed by atoms with Crippen LogP contribution in [0.2, 0.25) is 0 Å². The Morgan fingerprint density at radius 3 is 2.76 bits per heavy atom. The minimum absolute atomic E-state index is 0.106. The molecule has 29 heavy (non-hydrogen) atoms. The van der Waals surface area contributed by atoms with Crippen molar-refractivity contribution in [2.45, 2.75) is 19.3 Å². The van der Waals surface area contributed by atoms with Gasteiger partial charge < -0.3 is 15.0 Å². The molecule has 6 heteroatoms. The SMILES string of the molecule is COc1ccccc1CCNc1cnc(C(=O)N2CCCc3ccccc32)cn1. The highest BCUT2D eigenvalue weighted by molar-refractivity contribution is 6.05. The Labute approximate surface area is 170 Å². The second-order valence-corrected chi connectivity index (χ2v) is 6.96. The summed E-state index contributed by atoms with van der Waals surface area (Å²) in [7, 11) is 1.67. The third kappa shape index (κ3) is 4.21. The number of aryl methyl sites for hydroxylation is 1.